The molecule has 1 aromatic rings. The topological polar surface area (TPSA) is 29.5 Å². The van der Waals surface area contributed by atoms with E-state index < -0.39 is 6.19 Å². The molecule has 0 unspecified atom stereocenters. The second-order valence-corrected chi connectivity index (χ2v) is 10.4. The number of nitrogens with zero attached hydrogens (tertiary/aromatic N) is 1. The van der Waals surface area contributed by atoms with Gasteiger partial charge in [-0.3, -0.25) is 9.46 Å². The van der Waals surface area contributed by atoms with E-state index in [0.717, 1.165) is 45.6 Å². The molecular weight excluding hydrogens is 301 g/mol. The van der Waals surface area contributed by atoms with Crippen molar-refractivity contribution in [2.45, 2.75) is 31.3 Å². The minimum atomic E-state index is -2.04. The van der Waals surface area contributed by atoms with Crippen LogP contribution in [0.25, 0.3) is 0 Å². The predicted octanol–water partition coefficient (Wildman–Crippen LogP) is 2.55. The van der Waals surface area contributed by atoms with E-state index in [1.165, 1.54) is 5.30 Å². The molecule has 0 bridgehead atoms. The number of hydrogen-bond donors (Lipinski definition) is 0. The molecule has 114 valence electrons. The van der Waals surface area contributed by atoms with E-state index in [-0.39, 0.29) is 5.66 Å². The van der Waals surface area contributed by atoms with Crippen molar-refractivity contribution in [1.29, 1.82) is 0 Å². The van der Waals surface area contributed by atoms with Crippen LogP contribution in [-0.2, 0) is 21.3 Å². The van der Waals surface area contributed by atoms with Crippen LogP contribution in [-0.4, -0.2) is 42.4 Å². The highest BCUT2D eigenvalue weighted by atomic mass is 32.4. The Morgan fingerprint density at radius 1 is 1.14 bits per heavy atom. The summed E-state index contributed by atoms with van der Waals surface area (Å²) in [7, 11) is 0. The third kappa shape index (κ3) is 3.00. The Kier molecular flexibility index (Phi) is 4.90. The first-order valence-electron chi connectivity index (χ1n) is 7.74. The van der Waals surface area contributed by atoms with Crippen molar-refractivity contribution < 1.29 is 9.53 Å². The molecule has 5 heteroatoms. The Bertz CT molecular complexity index is 542. The number of ketones is 1. The van der Waals surface area contributed by atoms with E-state index in [1.54, 1.807) is 0 Å². The molecule has 1 aromatic carbocycles. The lowest BCUT2D eigenvalue weighted by molar-refractivity contribution is -0.119. The third-order valence-electron chi connectivity index (χ3n) is 4.48. The summed E-state index contributed by atoms with van der Waals surface area (Å²) in [5.41, 5.74) is 0.0433. The van der Waals surface area contributed by atoms with E-state index in [0.29, 0.717) is 12.2 Å². The molecule has 2 fully saturated rings. The molecule has 3 rings (SSSR count). The minimum Gasteiger partial charge on any atom is -0.379 e. The van der Waals surface area contributed by atoms with Gasteiger partial charge < -0.3 is 4.74 Å². The standard InChI is InChI=1S/C16H22NO2PS/c18-15-8-4-5-9-16(15)20(21,14-6-2-1-3-7-14)17-10-12-19-13-11-17/h1-3,6-7,16H,4-5,8-13H2/t16-,20-/m1/s1. The summed E-state index contributed by atoms with van der Waals surface area (Å²) in [6.45, 7) is 3.17. The highest BCUT2D eigenvalue weighted by Crippen LogP contribution is 2.56. The molecule has 1 heterocycles. The van der Waals surface area contributed by atoms with Crippen molar-refractivity contribution in [3.63, 3.8) is 0 Å². The lowest BCUT2D eigenvalue weighted by atomic mass is 9.99. The first-order chi connectivity index (χ1) is 10.2. The van der Waals surface area contributed by atoms with Crippen LogP contribution in [0.15, 0.2) is 30.3 Å². The Hall–Kier alpha value is -0.540. The number of ether oxygens (including phenoxy) is 1. The molecule has 1 aliphatic carbocycles. The van der Waals surface area contributed by atoms with Gasteiger partial charge in [-0.15, -0.1) is 0 Å². The number of rotatable bonds is 3. The lowest BCUT2D eigenvalue weighted by Gasteiger charge is -2.43. The molecule has 0 amide bonds. The van der Waals surface area contributed by atoms with Gasteiger partial charge in [0.25, 0.3) is 0 Å². The number of hydrogen-bond acceptors (Lipinski definition) is 3. The van der Waals surface area contributed by atoms with Crippen molar-refractivity contribution in [2.24, 2.45) is 0 Å². The molecule has 1 saturated carbocycles. The maximum Gasteiger partial charge on any atom is 0.142 e. The summed E-state index contributed by atoms with van der Waals surface area (Å²) in [6, 6.07) is 10.4. The summed E-state index contributed by atoms with van der Waals surface area (Å²) in [5.74, 6) is 0.389. The molecule has 3 nitrogen and oxygen atoms in total. The van der Waals surface area contributed by atoms with E-state index in [9.17, 15) is 4.79 Å². The third-order valence-corrected chi connectivity index (χ3v) is 10.2. The van der Waals surface area contributed by atoms with E-state index in [4.69, 9.17) is 16.5 Å². The van der Waals surface area contributed by atoms with Crippen LogP contribution in [0.2, 0.25) is 0 Å². The fourth-order valence-corrected chi connectivity index (χ4v) is 8.38. The predicted molar refractivity (Wildman–Crippen MR) is 90.0 cm³/mol. The molecule has 1 aliphatic heterocycles. The van der Waals surface area contributed by atoms with Crippen LogP contribution >= 0.6 is 6.19 Å². The van der Waals surface area contributed by atoms with Crippen molar-refractivity contribution in [1.82, 2.24) is 4.67 Å². The Balaban J connectivity index is 2.01. The molecule has 2 aliphatic rings. The SMILES string of the molecule is O=C1CCCC[C@H]1[P@](=S)(c1ccccc1)N1CCOCC1. The van der Waals surface area contributed by atoms with Crippen molar-refractivity contribution >= 4 is 29.1 Å². The summed E-state index contributed by atoms with van der Waals surface area (Å²) < 4.78 is 7.89. The Morgan fingerprint density at radius 2 is 1.86 bits per heavy atom. The Labute approximate surface area is 131 Å². The number of carbonyl (C=O) groups is 1. The normalized spacial score (nSPS) is 27.2. The van der Waals surface area contributed by atoms with Gasteiger partial charge in [-0.25, -0.2) is 0 Å². The second-order valence-electron chi connectivity index (χ2n) is 5.75. The molecule has 0 radical (unpaired) electrons. The largest absolute Gasteiger partial charge is 0.379 e. The van der Waals surface area contributed by atoms with Crippen molar-refractivity contribution in [3.8, 4) is 0 Å². The molecule has 1 saturated heterocycles. The van der Waals surface area contributed by atoms with Gasteiger partial charge in [0.15, 0.2) is 0 Å². The van der Waals surface area contributed by atoms with Crippen molar-refractivity contribution in [2.75, 3.05) is 26.3 Å². The zero-order chi connectivity index (χ0) is 14.7. The van der Waals surface area contributed by atoms with Crippen LogP contribution < -0.4 is 5.30 Å². The molecule has 0 spiro atoms. The quantitative estimate of drug-likeness (QED) is 0.800. The second kappa shape index (κ2) is 6.70. The first kappa shape index (κ1) is 15.4. The summed E-state index contributed by atoms with van der Waals surface area (Å²) in [6.07, 6.45) is 1.79. The van der Waals surface area contributed by atoms with Gasteiger partial charge in [0.05, 0.1) is 25.1 Å². The Morgan fingerprint density at radius 3 is 2.52 bits per heavy atom. The van der Waals surface area contributed by atoms with Gasteiger partial charge >= 0.3 is 0 Å². The zero-order valence-corrected chi connectivity index (χ0v) is 14.0. The fourth-order valence-electron chi connectivity index (χ4n) is 3.37. The molecule has 0 aromatic heterocycles. The van der Waals surface area contributed by atoms with Crippen LogP contribution in [0.4, 0.5) is 0 Å². The maximum absolute atomic E-state index is 12.6. The average Bonchev–Trinajstić information content (AvgIpc) is 2.56. The van der Waals surface area contributed by atoms with Crippen molar-refractivity contribution in [3.05, 3.63) is 30.3 Å². The minimum absolute atomic E-state index is 0.0433. The molecule has 0 N–H and O–H groups in total. The van der Waals surface area contributed by atoms with Gasteiger partial charge in [-0.05, 0) is 18.1 Å². The maximum atomic E-state index is 12.6. The zero-order valence-electron chi connectivity index (χ0n) is 12.2. The first-order valence-corrected chi connectivity index (χ1v) is 10.6. The summed E-state index contributed by atoms with van der Waals surface area (Å²) in [5, 5.41) is 1.20. The number of benzene rings is 1. The average molecular weight is 323 g/mol. The number of carbonyl (C=O) groups excluding carboxylic acids is 1. The fraction of sp³-hybridized carbons (Fsp3) is 0.562. The van der Waals surface area contributed by atoms with Gasteiger partial charge in [0.2, 0.25) is 0 Å². The van der Waals surface area contributed by atoms with E-state index in [2.05, 4.69) is 16.8 Å². The van der Waals surface area contributed by atoms with E-state index >= 15 is 0 Å². The van der Waals surface area contributed by atoms with Crippen LogP contribution in [0.1, 0.15) is 25.7 Å². The van der Waals surface area contributed by atoms with Gasteiger partial charge in [0.1, 0.15) is 5.78 Å². The van der Waals surface area contributed by atoms with Crippen LogP contribution in [0, 0.1) is 0 Å². The summed E-state index contributed by atoms with van der Waals surface area (Å²) in [4.78, 5) is 12.6. The highest BCUT2D eigenvalue weighted by Gasteiger charge is 2.41. The van der Waals surface area contributed by atoms with Gasteiger partial charge in [-0.2, -0.15) is 0 Å². The van der Waals surface area contributed by atoms with Crippen LogP contribution in [0.3, 0.4) is 0 Å². The smallest absolute Gasteiger partial charge is 0.142 e. The van der Waals surface area contributed by atoms with Crippen LogP contribution in [0.5, 0.6) is 0 Å². The van der Waals surface area contributed by atoms with Gasteiger partial charge in [0, 0.05) is 19.5 Å². The highest BCUT2D eigenvalue weighted by molar-refractivity contribution is 8.17. The van der Waals surface area contributed by atoms with E-state index in [1.807, 2.05) is 18.2 Å². The number of Topliss-reactive ketones (excluding diaryl/α,β-unsaturated/α-hetero) is 1. The molecule has 2 atom stereocenters. The van der Waals surface area contributed by atoms with Gasteiger partial charge in [-0.1, -0.05) is 48.6 Å². The number of morpholine rings is 1. The molecule has 21 heavy (non-hydrogen) atoms. The molecular formula is C16H22NO2PS. The lowest BCUT2D eigenvalue weighted by Crippen LogP contribution is -2.42. The summed E-state index contributed by atoms with van der Waals surface area (Å²) >= 11 is 6.25. The monoisotopic (exact) mass is 323 g/mol.